The minimum atomic E-state index is 0.510. The molecule has 0 saturated carbocycles. The standard InChI is InChI=1S/C17H26N6O/c1-4-23(5-2)15-9-7-14(8-10-15)20-16-13-19-22-17(21-16)18-11-6-12-24-3/h7-10,13H,4-6,11-12H2,1-3H3,(H2,18,20,21,22). The van der Waals surface area contributed by atoms with Crippen LogP contribution in [0, 0.1) is 0 Å². The van der Waals surface area contributed by atoms with E-state index >= 15 is 0 Å². The van der Waals surface area contributed by atoms with Crippen LogP contribution >= 0.6 is 0 Å². The van der Waals surface area contributed by atoms with Gasteiger partial charge in [0.2, 0.25) is 5.95 Å². The van der Waals surface area contributed by atoms with Gasteiger partial charge in [-0.1, -0.05) is 0 Å². The summed E-state index contributed by atoms with van der Waals surface area (Å²) in [6.45, 7) is 7.76. The largest absolute Gasteiger partial charge is 0.385 e. The number of anilines is 4. The van der Waals surface area contributed by atoms with Crippen LogP contribution in [0.5, 0.6) is 0 Å². The lowest BCUT2D eigenvalue weighted by Crippen LogP contribution is -2.21. The number of ether oxygens (including phenoxy) is 1. The minimum absolute atomic E-state index is 0.510. The molecule has 24 heavy (non-hydrogen) atoms. The predicted molar refractivity (Wildman–Crippen MR) is 98.1 cm³/mol. The van der Waals surface area contributed by atoms with Gasteiger partial charge in [0.15, 0.2) is 5.82 Å². The van der Waals surface area contributed by atoms with Crippen molar-refractivity contribution in [2.24, 2.45) is 0 Å². The molecule has 0 radical (unpaired) electrons. The van der Waals surface area contributed by atoms with Crippen molar-refractivity contribution in [2.75, 3.05) is 48.9 Å². The van der Waals surface area contributed by atoms with Gasteiger partial charge in [-0.15, -0.1) is 5.10 Å². The predicted octanol–water partition coefficient (Wildman–Crippen LogP) is 2.91. The van der Waals surface area contributed by atoms with E-state index in [0.717, 1.165) is 31.7 Å². The summed E-state index contributed by atoms with van der Waals surface area (Å²) in [4.78, 5) is 6.71. The summed E-state index contributed by atoms with van der Waals surface area (Å²) in [5.41, 5.74) is 2.18. The average molecular weight is 330 g/mol. The highest BCUT2D eigenvalue weighted by Gasteiger charge is 2.03. The second kappa shape index (κ2) is 9.67. The molecule has 1 aromatic carbocycles. The van der Waals surface area contributed by atoms with Gasteiger partial charge in [0, 0.05) is 44.7 Å². The molecule has 0 bridgehead atoms. The fraction of sp³-hybridized carbons (Fsp3) is 0.471. The maximum absolute atomic E-state index is 5.01. The Morgan fingerprint density at radius 3 is 2.54 bits per heavy atom. The third kappa shape index (κ3) is 5.34. The zero-order chi connectivity index (χ0) is 17.2. The second-order valence-electron chi connectivity index (χ2n) is 5.28. The maximum Gasteiger partial charge on any atom is 0.244 e. The number of rotatable bonds is 10. The van der Waals surface area contributed by atoms with Crippen molar-refractivity contribution in [1.82, 2.24) is 15.2 Å². The van der Waals surface area contributed by atoms with Gasteiger partial charge in [0.1, 0.15) is 0 Å². The van der Waals surface area contributed by atoms with Crippen LogP contribution in [-0.2, 0) is 4.74 Å². The first-order chi connectivity index (χ1) is 11.8. The molecule has 0 fully saturated rings. The first-order valence-electron chi connectivity index (χ1n) is 8.31. The minimum Gasteiger partial charge on any atom is -0.385 e. The molecule has 0 aliphatic heterocycles. The first kappa shape index (κ1) is 17.9. The van der Waals surface area contributed by atoms with E-state index in [4.69, 9.17) is 4.74 Å². The molecule has 0 aliphatic carbocycles. The van der Waals surface area contributed by atoms with E-state index in [2.05, 4.69) is 56.7 Å². The number of methoxy groups -OCH3 is 1. The summed E-state index contributed by atoms with van der Waals surface area (Å²) in [7, 11) is 1.69. The van der Waals surface area contributed by atoms with E-state index in [1.165, 1.54) is 5.69 Å². The Kier molecular flexibility index (Phi) is 7.22. The van der Waals surface area contributed by atoms with Crippen LogP contribution in [0.15, 0.2) is 30.5 Å². The lowest BCUT2D eigenvalue weighted by Gasteiger charge is -2.21. The van der Waals surface area contributed by atoms with Gasteiger partial charge in [-0.25, -0.2) is 0 Å². The van der Waals surface area contributed by atoms with E-state index in [9.17, 15) is 0 Å². The number of hydrogen-bond acceptors (Lipinski definition) is 7. The molecule has 2 rings (SSSR count). The van der Waals surface area contributed by atoms with Crippen molar-refractivity contribution in [3.63, 3.8) is 0 Å². The summed E-state index contributed by atoms with van der Waals surface area (Å²) in [6, 6.07) is 8.30. The third-order valence-corrected chi connectivity index (χ3v) is 3.64. The average Bonchev–Trinajstić information content (AvgIpc) is 2.62. The third-order valence-electron chi connectivity index (χ3n) is 3.64. The molecule has 130 valence electrons. The SMILES string of the molecule is CCN(CC)c1ccc(Nc2cnnc(NCCCOC)n2)cc1. The van der Waals surface area contributed by atoms with Crippen LogP contribution in [0.2, 0.25) is 0 Å². The van der Waals surface area contributed by atoms with Gasteiger partial charge in [-0.2, -0.15) is 10.1 Å². The lowest BCUT2D eigenvalue weighted by atomic mass is 10.2. The monoisotopic (exact) mass is 330 g/mol. The van der Waals surface area contributed by atoms with Gasteiger partial charge in [0.25, 0.3) is 0 Å². The van der Waals surface area contributed by atoms with Gasteiger partial charge >= 0.3 is 0 Å². The fourth-order valence-corrected chi connectivity index (χ4v) is 2.35. The van der Waals surface area contributed by atoms with Crippen molar-refractivity contribution in [2.45, 2.75) is 20.3 Å². The topological polar surface area (TPSA) is 75.2 Å². The Morgan fingerprint density at radius 2 is 1.88 bits per heavy atom. The number of aromatic nitrogens is 3. The fourth-order valence-electron chi connectivity index (χ4n) is 2.35. The molecule has 0 aliphatic rings. The molecule has 1 aromatic heterocycles. The van der Waals surface area contributed by atoms with Gasteiger partial charge in [-0.3, -0.25) is 0 Å². The Hall–Kier alpha value is -2.41. The van der Waals surface area contributed by atoms with E-state index in [1.54, 1.807) is 13.3 Å². The molecule has 0 unspecified atom stereocenters. The Bertz CT molecular complexity index is 600. The summed E-state index contributed by atoms with van der Waals surface area (Å²) in [5, 5.41) is 14.3. The van der Waals surface area contributed by atoms with Crippen molar-refractivity contribution in [3.05, 3.63) is 30.5 Å². The maximum atomic E-state index is 5.01. The van der Waals surface area contributed by atoms with Crippen molar-refractivity contribution >= 4 is 23.1 Å². The lowest BCUT2D eigenvalue weighted by molar-refractivity contribution is 0.197. The number of benzene rings is 1. The number of nitrogens with one attached hydrogen (secondary N) is 2. The van der Waals surface area contributed by atoms with Gasteiger partial charge < -0.3 is 20.3 Å². The van der Waals surface area contributed by atoms with Gasteiger partial charge in [0.05, 0.1) is 6.20 Å². The zero-order valence-corrected chi connectivity index (χ0v) is 14.6. The van der Waals surface area contributed by atoms with Crippen LogP contribution in [-0.4, -0.2) is 48.5 Å². The van der Waals surface area contributed by atoms with Crippen molar-refractivity contribution in [3.8, 4) is 0 Å². The molecule has 0 amide bonds. The highest BCUT2D eigenvalue weighted by atomic mass is 16.5. The van der Waals surface area contributed by atoms with E-state index in [1.807, 2.05) is 12.1 Å². The molecule has 7 heteroatoms. The Labute approximate surface area is 143 Å². The smallest absolute Gasteiger partial charge is 0.244 e. The Balaban J connectivity index is 1.95. The number of nitrogens with zero attached hydrogens (tertiary/aromatic N) is 4. The van der Waals surface area contributed by atoms with E-state index in [0.29, 0.717) is 18.4 Å². The van der Waals surface area contributed by atoms with Gasteiger partial charge in [-0.05, 0) is 44.5 Å². The molecule has 1 heterocycles. The molecule has 0 saturated heterocycles. The quantitative estimate of drug-likeness (QED) is 0.649. The highest BCUT2D eigenvalue weighted by Crippen LogP contribution is 2.20. The molecular weight excluding hydrogens is 304 g/mol. The molecule has 2 aromatic rings. The molecule has 0 spiro atoms. The summed E-state index contributed by atoms with van der Waals surface area (Å²) in [5.74, 6) is 1.17. The van der Waals surface area contributed by atoms with Crippen molar-refractivity contribution in [1.29, 1.82) is 0 Å². The van der Waals surface area contributed by atoms with Crippen LogP contribution in [0.4, 0.5) is 23.1 Å². The molecule has 7 nitrogen and oxygen atoms in total. The van der Waals surface area contributed by atoms with E-state index in [-0.39, 0.29) is 0 Å². The van der Waals surface area contributed by atoms with Crippen LogP contribution < -0.4 is 15.5 Å². The Morgan fingerprint density at radius 1 is 1.12 bits per heavy atom. The number of hydrogen-bond donors (Lipinski definition) is 2. The van der Waals surface area contributed by atoms with Crippen LogP contribution in [0.3, 0.4) is 0 Å². The summed E-state index contributed by atoms with van der Waals surface area (Å²) >= 11 is 0. The van der Waals surface area contributed by atoms with Crippen LogP contribution in [0.25, 0.3) is 0 Å². The molecule has 2 N–H and O–H groups in total. The zero-order valence-electron chi connectivity index (χ0n) is 14.6. The normalized spacial score (nSPS) is 10.5. The molecular formula is C17H26N6O. The van der Waals surface area contributed by atoms with Crippen LogP contribution in [0.1, 0.15) is 20.3 Å². The molecule has 0 atom stereocenters. The second-order valence-corrected chi connectivity index (χ2v) is 5.28. The highest BCUT2D eigenvalue weighted by molar-refractivity contribution is 5.60. The summed E-state index contributed by atoms with van der Waals surface area (Å²) < 4.78 is 5.01. The van der Waals surface area contributed by atoms with Crippen molar-refractivity contribution < 1.29 is 4.74 Å². The van der Waals surface area contributed by atoms with E-state index < -0.39 is 0 Å². The summed E-state index contributed by atoms with van der Waals surface area (Å²) in [6.07, 6.45) is 2.50. The first-order valence-corrected chi connectivity index (χ1v) is 8.31.